The second kappa shape index (κ2) is 5.19. The summed E-state index contributed by atoms with van der Waals surface area (Å²) in [6.07, 6.45) is 4.28. The highest BCUT2D eigenvalue weighted by molar-refractivity contribution is 5.69. The number of hydrogen-bond acceptors (Lipinski definition) is 6. The van der Waals surface area contributed by atoms with Crippen LogP contribution < -0.4 is 10.2 Å². The van der Waals surface area contributed by atoms with Gasteiger partial charge < -0.3 is 10.2 Å². The molecule has 1 atom stereocenters. The molecule has 1 aromatic carbocycles. The first-order valence-electron chi connectivity index (χ1n) is 7.78. The lowest BCUT2D eigenvalue weighted by Gasteiger charge is -2.22. The van der Waals surface area contributed by atoms with Gasteiger partial charge in [-0.15, -0.1) is 0 Å². The molecule has 0 unspecified atom stereocenters. The van der Waals surface area contributed by atoms with Crippen LogP contribution in [-0.4, -0.2) is 27.0 Å². The van der Waals surface area contributed by atoms with Crippen LogP contribution in [0.1, 0.15) is 25.3 Å². The maximum absolute atomic E-state index is 11.2. The molecule has 0 spiro atoms. The molecule has 2 aliphatic rings. The van der Waals surface area contributed by atoms with Crippen molar-refractivity contribution in [3.63, 3.8) is 0 Å². The molecule has 1 aliphatic carbocycles. The number of rotatable bonds is 4. The maximum Gasteiger partial charge on any atom is 0.329 e. The Bertz CT molecular complexity index is 775. The molecule has 1 N–H and O–H groups in total. The van der Waals surface area contributed by atoms with Crippen LogP contribution in [0.5, 0.6) is 0 Å². The number of hydrogen-bond donors (Lipinski definition) is 1. The number of nitrogens with one attached hydrogen (secondary N) is 1. The van der Waals surface area contributed by atoms with Crippen LogP contribution in [0.15, 0.2) is 30.5 Å². The van der Waals surface area contributed by atoms with Gasteiger partial charge >= 0.3 is 5.69 Å². The van der Waals surface area contributed by atoms with Crippen LogP contribution >= 0.6 is 0 Å². The van der Waals surface area contributed by atoms with E-state index in [1.54, 1.807) is 0 Å². The molecule has 0 saturated heterocycles. The van der Waals surface area contributed by atoms with Crippen LogP contribution in [0.4, 0.5) is 23.1 Å². The summed E-state index contributed by atoms with van der Waals surface area (Å²) in [4.78, 5) is 21.5. The summed E-state index contributed by atoms with van der Waals surface area (Å²) in [5.74, 6) is 0.829. The van der Waals surface area contributed by atoms with Crippen molar-refractivity contribution in [3.8, 4) is 0 Å². The summed E-state index contributed by atoms with van der Waals surface area (Å²) < 4.78 is 0. The molecule has 2 aromatic rings. The fraction of sp³-hybridized carbons (Fsp3) is 0.375. The monoisotopic (exact) mass is 311 g/mol. The average Bonchev–Trinajstić information content (AvgIpc) is 3.26. The molecule has 23 heavy (non-hydrogen) atoms. The SMILES string of the molecule is C[C@H]1Cc2ccccc2N1c1ncc([N+](=O)[O-])c(NC2CC2)n1. The average molecular weight is 311 g/mol. The van der Waals surface area contributed by atoms with Gasteiger partial charge in [0.05, 0.1) is 4.92 Å². The highest BCUT2D eigenvalue weighted by Gasteiger charge is 2.31. The van der Waals surface area contributed by atoms with Crippen LogP contribution in [0.2, 0.25) is 0 Å². The van der Waals surface area contributed by atoms with Gasteiger partial charge in [0, 0.05) is 17.8 Å². The minimum Gasteiger partial charge on any atom is -0.361 e. The summed E-state index contributed by atoms with van der Waals surface area (Å²) in [5, 5.41) is 14.3. The topological polar surface area (TPSA) is 84.2 Å². The quantitative estimate of drug-likeness (QED) is 0.690. The van der Waals surface area contributed by atoms with Gasteiger partial charge in [0.25, 0.3) is 0 Å². The van der Waals surface area contributed by atoms with Gasteiger partial charge in [-0.05, 0) is 37.8 Å². The van der Waals surface area contributed by atoms with Crippen molar-refractivity contribution in [2.45, 2.75) is 38.3 Å². The molecule has 4 rings (SSSR count). The Kier molecular flexibility index (Phi) is 3.14. The predicted octanol–water partition coefficient (Wildman–Crippen LogP) is 3.04. The lowest BCUT2D eigenvalue weighted by molar-refractivity contribution is -0.384. The highest BCUT2D eigenvalue weighted by atomic mass is 16.6. The third-order valence-electron chi connectivity index (χ3n) is 4.29. The Morgan fingerprint density at radius 1 is 1.35 bits per heavy atom. The molecule has 0 radical (unpaired) electrons. The van der Waals surface area contributed by atoms with Crippen molar-refractivity contribution in [2.75, 3.05) is 10.2 Å². The van der Waals surface area contributed by atoms with E-state index in [9.17, 15) is 10.1 Å². The van der Waals surface area contributed by atoms with Gasteiger partial charge in [0.1, 0.15) is 6.20 Å². The van der Waals surface area contributed by atoms with Crippen molar-refractivity contribution in [3.05, 3.63) is 46.1 Å². The summed E-state index contributed by atoms with van der Waals surface area (Å²) in [5.41, 5.74) is 2.26. The normalized spacial score (nSPS) is 19.5. The van der Waals surface area contributed by atoms with Crippen molar-refractivity contribution in [2.24, 2.45) is 0 Å². The van der Waals surface area contributed by atoms with Gasteiger partial charge in [-0.1, -0.05) is 18.2 Å². The molecule has 0 bridgehead atoms. The maximum atomic E-state index is 11.2. The second-order valence-electron chi connectivity index (χ2n) is 6.13. The Labute approximate surface area is 133 Å². The molecule has 2 heterocycles. The van der Waals surface area contributed by atoms with E-state index < -0.39 is 4.92 Å². The fourth-order valence-corrected chi connectivity index (χ4v) is 3.01. The Morgan fingerprint density at radius 2 is 2.13 bits per heavy atom. The van der Waals surface area contributed by atoms with Crippen molar-refractivity contribution < 1.29 is 4.92 Å². The summed E-state index contributed by atoms with van der Waals surface area (Å²) in [7, 11) is 0. The van der Waals surface area contributed by atoms with Crippen LogP contribution in [-0.2, 0) is 6.42 Å². The lowest BCUT2D eigenvalue weighted by Crippen LogP contribution is -2.26. The molecule has 1 aliphatic heterocycles. The minimum absolute atomic E-state index is 0.0687. The number of aromatic nitrogens is 2. The first kappa shape index (κ1) is 13.9. The van der Waals surface area contributed by atoms with Gasteiger partial charge in [0.15, 0.2) is 0 Å². The van der Waals surface area contributed by atoms with Crippen molar-refractivity contribution in [1.82, 2.24) is 9.97 Å². The number of benzene rings is 1. The van der Waals surface area contributed by atoms with E-state index in [1.807, 2.05) is 18.2 Å². The van der Waals surface area contributed by atoms with Crippen LogP contribution in [0.25, 0.3) is 0 Å². The molecule has 0 amide bonds. The van der Waals surface area contributed by atoms with E-state index in [0.29, 0.717) is 17.8 Å². The Hall–Kier alpha value is -2.70. The third-order valence-corrected chi connectivity index (χ3v) is 4.29. The Balaban J connectivity index is 1.75. The van der Waals surface area contributed by atoms with Gasteiger partial charge in [-0.3, -0.25) is 10.1 Å². The van der Waals surface area contributed by atoms with Crippen LogP contribution in [0.3, 0.4) is 0 Å². The third kappa shape index (κ3) is 2.48. The first-order chi connectivity index (χ1) is 11.1. The predicted molar refractivity (Wildman–Crippen MR) is 87.1 cm³/mol. The number of fused-ring (bicyclic) bond motifs is 1. The molecular formula is C16H17N5O2. The summed E-state index contributed by atoms with van der Waals surface area (Å²) in [6, 6.07) is 8.66. The van der Waals surface area contributed by atoms with E-state index in [2.05, 4.69) is 33.2 Å². The zero-order chi connectivity index (χ0) is 16.0. The number of para-hydroxylation sites is 1. The lowest BCUT2D eigenvalue weighted by atomic mass is 10.1. The van der Waals surface area contributed by atoms with E-state index >= 15 is 0 Å². The summed E-state index contributed by atoms with van der Waals surface area (Å²) in [6.45, 7) is 2.11. The smallest absolute Gasteiger partial charge is 0.329 e. The van der Waals surface area contributed by atoms with Crippen molar-refractivity contribution in [1.29, 1.82) is 0 Å². The zero-order valence-electron chi connectivity index (χ0n) is 12.8. The second-order valence-corrected chi connectivity index (χ2v) is 6.13. The molecule has 7 nitrogen and oxygen atoms in total. The van der Waals surface area contributed by atoms with E-state index in [0.717, 1.165) is 24.9 Å². The Morgan fingerprint density at radius 3 is 2.87 bits per heavy atom. The molecular weight excluding hydrogens is 294 g/mol. The summed E-state index contributed by atoms with van der Waals surface area (Å²) >= 11 is 0. The molecule has 7 heteroatoms. The van der Waals surface area contributed by atoms with Gasteiger partial charge in [-0.2, -0.15) is 4.98 Å². The highest BCUT2D eigenvalue weighted by Crippen LogP contribution is 2.38. The largest absolute Gasteiger partial charge is 0.361 e. The van der Waals surface area contributed by atoms with E-state index in [4.69, 9.17) is 0 Å². The molecule has 118 valence electrons. The molecule has 1 aromatic heterocycles. The van der Waals surface area contributed by atoms with E-state index in [-0.39, 0.29) is 11.7 Å². The van der Waals surface area contributed by atoms with Gasteiger partial charge in [0.2, 0.25) is 11.8 Å². The molecule has 1 saturated carbocycles. The van der Waals surface area contributed by atoms with E-state index in [1.165, 1.54) is 11.8 Å². The first-order valence-corrected chi connectivity index (χ1v) is 7.78. The zero-order valence-corrected chi connectivity index (χ0v) is 12.8. The number of nitrogens with zero attached hydrogens (tertiary/aromatic N) is 4. The van der Waals surface area contributed by atoms with Gasteiger partial charge in [-0.25, -0.2) is 4.98 Å². The van der Waals surface area contributed by atoms with Crippen LogP contribution in [0, 0.1) is 10.1 Å². The minimum atomic E-state index is -0.435. The van der Waals surface area contributed by atoms with Crippen molar-refractivity contribution >= 4 is 23.1 Å². The fourth-order valence-electron chi connectivity index (χ4n) is 3.01. The number of anilines is 3. The number of nitro groups is 1. The molecule has 1 fully saturated rings. The standard InChI is InChI=1S/C16H17N5O2/c1-10-8-11-4-2-3-5-13(11)20(10)16-17-9-14(21(22)23)15(19-16)18-12-6-7-12/h2-5,9-10,12H,6-8H2,1H3,(H,17,18,19)/t10-/m0/s1.